The van der Waals surface area contributed by atoms with Crippen molar-refractivity contribution in [3.05, 3.63) is 68.8 Å². The Balaban J connectivity index is 1.54. The Morgan fingerprint density at radius 1 is 1.00 bits per heavy atom. The number of piperidine rings is 1. The molecule has 0 spiro atoms. The maximum atomic E-state index is 13.7. The maximum Gasteiger partial charge on any atom is 0.222 e. The zero-order valence-electron chi connectivity index (χ0n) is 20.3. The summed E-state index contributed by atoms with van der Waals surface area (Å²) in [4.78, 5) is 26.9. The highest BCUT2D eigenvalue weighted by molar-refractivity contribution is 14.1. The van der Waals surface area contributed by atoms with Crippen molar-refractivity contribution in [3.8, 4) is 0 Å². The van der Waals surface area contributed by atoms with Crippen molar-refractivity contribution in [3.63, 3.8) is 0 Å². The lowest BCUT2D eigenvalue weighted by atomic mass is 10.00. The summed E-state index contributed by atoms with van der Waals surface area (Å²) in [6, 6.07) is 10.4. The number of aliphatic hydroxyl groups is 1. The van der Waals surface area contributed by atoms with Crippen molar-refractivity contribution >= 4 is 34.4 Å². The third-order valence-corrected chi connectivity index (χ3v) is 6.93. The number of hydrogen-bond acceptors (Lipinski definition) is 4. The summed E-state index contributed by atoms with van der Waals surface area (Å²) in [6.07, 6.45) is 3.10. The van der Waals surface area contributed by atoms with Crippen LogP contribution in [-0.4, -0.2) is 53.6 Å². The highest BCUT2D eigenvalue weighted by atomic mass is 127. The van der Waals surface area contributed by atoms with E-state index in [0.717, 1.165) is 47.6 Å². The van der Waals surface area contributed by atoms with E-state index in [1.54, 1.807) is 0 Å². The lowest BCUT2D eigenvalue weighted by molar-refractivity contribution is -0.132. The predicted octanol–water partition coefficient (Wildman–Crippen LogP) is 3.93. The largest absolute Gasteiger partial charge is 0.390 e. The molecular formula is C27H34F2IN3O3. The number of hydrogen-bond donors (Lipinski definition) is 3. The molecule has 1 aliphatic heterocycles. The Bertz CT molecular complexity index is 997. The molecule has 2 amide bonds. The van der Waals surface area contributed by atoms with Crippen LogP contribution in [0.3, 0.4) is 0 Å². The van der Waals surface area contributed by atoms with Gasteiger partial charge in [0.1, 0.15) is 11.6 Å². The van der Waals surface area contributed by atoms with Gasteiger partial charge in [-0.1, -0.05) is 12.1 Å². The number of carbonyl (C=O) groups excluding carboxylic acids is 2. The number of aliphatic hydroxyl groups excluding tert-OH is 1. The Morgan fingerprint density at radius 3 is 2.42 bits per heavy atom. The molecule has 3 N–H and O–H groups in total. The fourth-order valence-corrected chi connectivity index (χ4v) is 5.01. The summed E-state index contributed by atoms with van der Waals surface area (Å²) in [5.41, 5.74) is 1.40. The number of benzene rings is 2. The van der Waals surface area contributed by atoms with Crippen LogP contribution < -0.4 is 10.6 Å². The van der Waals surface area contributed by atoms with Gasteiger partial charge in [0.25, 0.3) is 0 Å². The third kappa shape index (κ3) is 9.74. The van der Waals surface area contributed by atoms with E-state index >= 15 is 0 Å². The van der Waals surface area contributed by atoms with Gasteiger partial charge < -0.3 is 20.6 Å². The summed E-state index contributed by atoms with van der Waals surface area (Å²) in [5, 5.41) is 16.8. The van der Waals surface area contributed by atoms with Crippen LogP contribution in [0, 0.1) is 15.2 Å². The first-order chi connectivity index (χ1) is 17.3. The van der Waals surface area contributed by atoms with Gasteiger partial charge in [0, 0.05) is 48.7 Å². The molecule has 2 aromatic carbocycles. The van der Waals surface area contributed by atoms with E-state index in [-0.39, 0.29) is 31.2 Å². The number of likely N-dealkylation sites (tertiary alicyclic amines) is 1. The van der Waals surface area contributed by atoms with Crippen LogP contribution in [0.15, 0.2) is 42.5 Å². The van der Waals surface area contributed by atoms with Gasteiger partial charge in [-0.25, -0.2) is 8.78 Å². The van der Waals surface area contributed by atoms with E-state index in [1.807, 2.05) is 29.2 Å². The number of amides is 2. The monoisotopic (exact) mass is 613 g/mol. The predicted molar refractivity (Wildman–Crippen MR) is 143 cm³/mol. The van der Waals surface area contributed by atoms with Gasteiger partial charge >= 0.3 is 0 Å². The van der Waals surface area contributed by atoms with Gasteiger partial charge in [0.2, 0.25) is 11.8 Å². The average molecular weight is 613 g/mol. The second-order valence-electron chi connectivity index (χ2n) is 9.28. The Hall–Kier alpha value is -2.11. The molecule has 1 aliphatic rings. The normalized spacial score (nSPS) is 15.4. The van der Waals surface area contributed by atoms with Gasteiger partial charge in [-0.2, -0.15) is 0 Å². The molecule has 0 saturated carbocycles. The first-order valence-corrected chi connectivity index (χ1v) is 13.5. The molecule has 0 unspecified atom stereocenters. The van der Waals surface area contributed by atoms with E-state index in [4.69, 9.17) is 0 Å². The molecule has 36 heavy (non-hydrogen) atoms. The Kier molecular flexibility index (Phi) is 11.5. The molecule has 0 aromatic heterocycles. The highest BCUT2D eigenvalue weighted by Crippen LogP contribution is 2.14. The van der Waals surface area contributed by atoms with Crippen LogP contribution in [0.5, 0.6) is 0 Å². The molecular weight excluding hydrogens is 579 g/mol. The molecule has 1 fully saturated rings. The number of nitrogens with one attached hydrogen (secondary N) is 2. The average Bonchev–Trinajstić information content (AvgIpc) is 2.83. The molecule has 3 rings (SSSR count). The van der Waals surface area contributed by atoms with Crippen LogP contribution in [0.4, 0.5) is 8.78 Å². The molecule has 1 heterocycles. The van der Waals surface area contributed by atoms with Gasteiger partial charge in [0.15, 0.2) is 0 Å². The van der Waals surface area contributed by atoms with E-state index in [0.29, 0.717) is 24.9 Å². The molecule has 1 saturated heterocycles. The van der Waals surface area contributed by atoms with Gasteiger partial charge in [-0.15, -0.1) is 0 Å². The standard InChI is InChI=1S/C27H34F2IN3O3/c28-21-12-20(13-22(29)16-21)15-24(25(34)18-31-17-19-6-4-7-23(30)14-19)32-26(35)8-5-9-27(36)33-10-2-1-3-11-33/h4,6-7,12-14,16,24-25,31,34H,1-3,5,8-11,15,17-18H2,(H,32,35)/t24-,25+/m0/s1. The van der Waals surface area contributed by atoms with Crippen LogP contribution in [0.25, 0.3) is 0 Å². The maximum absolute atomic E-state index is 13.7. The highest BCUT2D eigenvalue weighted by Gasteiger charge is 2.23. The first-order valence-electron chi connectivity index (χ1n) is 12.5. The van der Waals surface area contributed by atoms with Gasteiger partial charge in [0.05, 0.1) is 12.1 Å². The van der Waals surface area contributed by atoms with Crippen LogP contribution in [0.1, 0.15) is 49.7 Å². The van der Waals surface area contributed by atoms with Crippen molar-refractivity contribution in [2.24, 2.45) is 0 Å². The van der Waals surface area contributed by atoms with E-state index in [9.17, 15) is 23.5 Å². The van der Waals surface area contributed by atoms with Crippen molar-refractivity contribution in [2.75, 3.05) is 19.6 Å². The minimum Gasteiger partial charge on any atom is -0.390 e. The minimum atomic E-state index is -0.988. The number of rotatable bonds is 12. The Morgan fingerprint density at radius 2 is 1.72 bits per heavy atom. The summed E-state index contributed by atoms with van der Waals surface area (Å²) < 4.78 is 28.5. The van der Waals surface area contributed by atoms with E-state index in [1.165, 1.54) is 12.1 Å². The fraction of sp³-hybridized carbons (Fsp3) is 0.481. The van der Waals surface area contributed by atoms with E-state index in [2.05, 4.69) is 33.2 Å². The second-order valence-corrected chi connectivity index (χ2v) is 10.5. The molecule has 2 aromatic rings. The molecule has 0 radical (unpaired) electrons. The van der Waals surface area contributed by atoms with Gasteiger partial charge in [-0.3, -0.25) is 9.59 Å². The fourth-order valence-electron chi connectivity index (χ4n) is 4.40. The van der Waals surface area contributed by atoms with Crippen molar-refractivity contribution in [1.82, 2.24) is 15.5 Å². The lowest BCUT2D eigenvalue weighted by Gasteiger charge is -2.27. The van der Waals surface area contributed by atoms with Gasteiger partial charge in [-0.05, 0) is 90.1 Å². The van der Waals surface area contributed by atoms with Crippen molar-refractivity contribution in [2.45, 2.75) is 63.6 Å². The smallest absolute Gasteiger partial charge is 0.222 e. The van der Waals surface area contributed by atoms with Crippen LogP contribution >= 0.6 is 22.6 Å². The first kappa shape index (κ1) is 28.5. The zero-order chi connectivity index (χ0) is 25.9. The van der Waals surface area contributed by atoms with Crippen molar-refractivity contribution < 1.29 is 23.5 Å². The molecule has 0 bridgehead atoms. The number of halogens is 3. The summed E-state index contributed by atoms with van der Waals surface area (Å²) >= 11 is 2.23. The molecule has 9 heteroatoms. The minimum absolute atomic E-state index is 0.0640. The molecule has 2 atom stereocenters. The second kappa shape index (κ2) is 14.6. The van der Waals surface area contributed by atoms with Crippen LogP contribution in [0.2, 0.25) is 0 Å². The molecule has 6 nitrogen and oxygen atoms in total. The number of carbonyl (C=O) groups is 2. The Labute approximate surface area is 225 Å². The zero-order valence-corrected chi connectivity index (χ0v) is 22.5. The molecule has 0 aliphatic carbocycles. The third-order valence-electron chi connectivity index (χ3n) is 6.26. The topological polar surface area (TPSA) is 81.7 Å². The van der Waals surface area contributed by atoms with Crippen LogP contribution in [-0.2, 0) is 22.6 Å². The summed E-state index contributed by atoms with van der Waals surface area (Å²) in [7, 11) is 0. The quantitative estimate of drug-likeness (QED) is 0.317. The van der Waals surface area contributed by atoms with Crippen molar-refractivity contribution in [1.29, 1.82) is 0 Å². The van der Waals surface area contributed by atoms with E-state index < -0.39 is 23.8 Å². The SMILES string of the molecule is O=C(CCCC(=O)N1CCCCC1)N[C@@H](Cc1cc(F)cc(F)c1)[C@H](O)CNCc1cccc(I)c1. The molecule has 196 valence electrons. The summed E-state index contributed by atoms with van der Waals surface area (Å²) in [5.74, 6) is -1.66. The lowest BCUT2D eigenvalue weighted by Crippen LogP contribution is -2.48. The number of nitrogens with zero attached hydrogens (tertiary/aromatic N) is 1. The summed E-state index contributed by atoms with van der Waals surface area (Å²) in [6.45, 7) is 2.26.